The summed E-state index contributed by atoms with van der Waals surface area (Å²) in [5, 5.41) is 0. The molecular formula is H2FO2PSe. The average Bonchev–Trinajstić information content (AvgIpc) is 0.722. The SMILES string of the molecule is OP(O)(F)=[Se]. The van der Waals surface area contributed by atoms with Crippen LogP contribution in [0.2, 0.25) is 0 Å². The Kier molecular flexibility index (Phi) is 1.74. The summed E-state index contributed by atoms with van der Waals surface area (Å²) in [5.74, 6) is 0. The van der Waals surface area contributed by atoms with Crippen molar-refractivity contribution in [3.63, 3.8) is 0 Å². The second-order valence-corrected chi connectivity index (χ2v) is 4.34. The summed E-state index contributed by atoms with van der Waals surface area (Å²) in [6, 6.07) is 0. The van der Waals surface area contributed by atoms with E-state index >= 15 is 0 Å². The number of rotatable bonds is 0. The molecule has 0 unspecified atom stereocenters. The Morgan fingerprint density at radius 2 is 1.60 bits per heavy atom. The molecular weight excluding hydrogens is 161 g/mol. The fourth-order valence-corrected chi connectivity index (χ4v) is 0. The Morgan fingerprint density at radius 3 is 1.60 bits per heavy atom. The van der Waals surface area contributed by atoms with Crippen LogP contribution in [0.5, 0.6) is 0 Å². The topological polar surface area (TPSA) is 40.5 Å². The van der Waals surface area contributed by atoms with Crippen molar-refractivity contribution in [2.45, 2.75) is 0 Å². The van der Waals surface area contributed by atoms with Crippen LogP contribution in [-0.4, -0.2) is 24.9 Å². The summed E-state index contributed by atoms with van der Waals surface area (Å²) < 4.78 is 10.9. The van der Waals surface area contributed by atoms with Gasteiger partial charge in [-0.05, 0) is 0 Å². The molecule has 0 aromatic heterocycles. The molecule has 0 aliphatic carbocycles. The fourth-order valence-electron chi connectivity index (χ4n) is 0. The van der Waals surface area contributed by atoms with Crippen molar-refractivity contribution in [1.29, 1.82) is 0 Å². The van der Waals surface area contributed by atoms with Gasteiger partial charge >= 0.3 is 35.4 Å². The van der Waals surface area contributed by atoms with E-state index < -0.39 is 6.27 Å². The molecule has 0 saturated heterocycles. The van der Waals surface area contributed by atoms with Crippen LogP contribution in [0.25, 0.3) is 0 Å². The zero-order chi connectivity index (χ0) is 4.50. The van der Waals surface area contributed by atoms with Crippen molar-refractivity contribution >= 4 is 21.4 Å². The predicted molar refractivity (Wildman–Crippen MR) is 18.2 cm³/mol. The summed E-state index contributed by atoms with van der Waals surface area (Å²) in [5.41, 5.74) is 0. The zero-order valence-corrected chi connectivity index (χ0v) is 4.74. The molecule has 2 nitrogen and oxygen atoms in total. The molecule has 0 spiro atoms. The number of hydrogen-bond donors (Lipinski definition) is 2. The Hall–Kier alpha value is 0.799. The van der Waals surface area contributed by atoms with E-state index in [0.29, 0.717) is 0 Å². The molecule has 0 amide bonds. The second kappa shape index (κ2) is 1.50. The van der Waals surface area contributed by atoms with E-state index in [-0.39, 0.29) is 0 Å². The van der Waals surface area contributed by atoms with E-state index in [1.54, 1.807) is 0 Å². The van der Waals surface area contributed by atoms with E-state index in [1.807, 2.05) is 0 Å². The standard InChI is InChI=1S/FH2O2PSe/c1-4(2,3)5/h(H2,2,3,5). The van der Waals surface area contributed by atoms with Gasteiger partial charge in [0.1, 0.15) is 0 Å². The molecule has 0 atom stereocenters. The van der Waals surface area contributed by atoms with Crippen LogP contribution >= 0.6 is 6.27 Å². The molecule has 0 aromatic rings. The molecule has 32 valence electrons. The van der Waals surface area contributed by atoms with Gasteiger partial charge in [0.25, 0.3) is 0 Å². The van der Waals surface area contributed by atoms with Crippen molar-refractivity contribution in [2.75, 3.05) is 0 Å². The summed E-state index contributed by atoms with van der Waals surface area (Å²) in [7, 11) is 0. The molecule has 0 radical (unpaired) electrons. The molecule has 0 aliphatic heterocycles. The maximum atomic E-state index is 10.9. The molecule has 0 heterocycles. The molecule has 5 heavy (non-hydrogen) atoms. The Morgan fingerprint density at radius 1 is 1.60 bits per heavy atom. The minimum atomic E-state index is -4.01. The van der Waals surface area contributed by atoms with Gasteiger partial charge in [-0.3, -0.25) is 0 Å². The normalized spacial score (nSPS) is 11.8. The molecule has 0 rings (SSSR count). The number of halogens is 1. The molecule has 2 N–H and O–H groups in total. The minimum absolute atomic E-state index is 1.53. The van der Waals surface area contributed by atoms with Crippen LogP contribution in [0.3, 0.4) is 0 Å². The van der Waals surface area contributed by atoms with Gasteiger partial charge in [0, 0.05) is 0 Å². The second-order valence-electron chi connectivity index (χ2n) is 0.473. The third kappa shape index (κ3) is 58.8. The van der Waals surface area contributed by atoms with Gasteiger partial charge in [-0.15, -0.1) is 0 Å². The molecule has 5 heteroatoms. The van der Waals surface area contributed by atoms with E-state index in [2.05, 4.69) is 0 Å². The van der Waals surface area contributed by atoms with Gasteiger partial charge in [-0.2, -0.15) is 0 Å². The van der Waals surface area contributed by atoms with Gasteiger partial charge in [-0.1, -0.05) is 0 Å². The first kappa shape index (κ1) is 5.80. The first-order valence-corrected chi connectivity index (χ1v) is 4.55. The Bertz CT molecular complexity index is 55.8. The molecule has 0 saturated carbocycles. The third-order valence-corrected chi connectivity index (χ3v) is 0. The van der Waals surface area contributed by atoms with Gasteiger partial charge in [-0.25, -0.2) is 0 Å². The summed E-state index contributed by atoms with van der Waals surface area (Å²) in [6.45, 7) is 0. The van der Waals surface area contributed by atoms with Crippen molar-refractivity contribution in [2.24, 2.45) is 0 Å². The summed E-state index contributed by atoms with van der Waals surface area (Å²) >= 11 is 1.53. The van der Waals surface area contributed by atoms with Crippen LogP contribution < -0.4 is 0 Å². The Labute approximate surface area is 36.1 Å². The Balaban J connectivity index is 3.47. The molecule has 0 bridgehead atoms. The van der Waals surface area contributed by atoms with Crippen molar-refractivity contribution < 1.29 is 14.0 Å². The molecule has 0 aliphatic rings. The van der Waals surface area contributed by atoms with E-state index in [4.69, 9.17) is 9.79 Å². The van der Waals surface area contributed by atoms with E-state index in [9.17, 15) is 4.20 Å². The maximum absolute atomic E-state index is 10.9. The van der Waals surface area contributed by atoms with E-state index in [1.165, 1.54) is 15.1 Å². The molecule has 0 fully saturated rings. The van der Waals surface area contributed by atoms with Crippen molar-refractivity contribution in [1.82, 2.24) is 0 Å². The van der Waals surface area contributed by atoms with Gasteiger partial charge in [0.15, 0.2) is 0 Å². The summed E-state index contributed by atoms with van der Waals surface area (Å²) in [6.07, 6.45) is -4.01. The van der Waals surface area contributed by atoms with Crippen LogP contribution in [0.15, 0.2) is 0 Å². The van der Waals surface area contributed by atoms with Gasteiger partial charge in [0.05, 0.1) is 0 Å². The summed E-state index contributed by atoms with van der Waals surface area (Å²) in [4.78, 5) is 14.9. The monoisotopic (exact) mass is 164 g/mol. The third-order valence-electron chi connectivity index (χ3n) is 0. The first-order chi connectivity index (χ1) is 2.00. The predicted octanol–water partition coefficient (Wildman–Crippen LogP) is -0.213. The quantitative estimate of drug-likeness (QED) is 0.383. The van der Waals surface area contributed by atoms with E-state index in [0.717, 1.165) is 0 Å². The van der Waals surface area contributed by atoms with Crippen LogP contribution in [0.4, 0.5) is 4.20 Å². The first-order valence-electron chi connectivity index (χ1n) is 0.752. The van der Waals surface area contributed by atoms with Gasteiger partial charge < -0.3 is 0 Å². The van der Waals surface area contributed by atoms with Gasteiger partial charge in [0.2, 0.25) is 0 Å². The van der Waals surface area contributed by atoms with Crippen molar-refractivity contribution in [3.8, 4) is 0 Å². The van der Waals surface area contributed by atoms with Crippen LogP contribution in [0, 0.1) is 0 Å². The zero-order valence-electron chi connectivity index (χ0n) is 2.13. The number of hydrogen-bond acceptors (Lipinski definition) is 2. The van der Waals surface area contributed by atoms with Crippen molar-refractivity contribution in [3.05, 3.63) is 0 Å². The average molecular weight is 163 g/mol. The fraction of sp³-hybridized carbons (Fsp3) is 0. The molecule has 0 aromatic carbocycles. The van der Waals surface area contributed by atoms with Crippen LogP contribution in [0.1, 0.15) is 0 Å². The van der Waals surface area contributed by atoms with Crippen LogP contribution in [-0.2, 0) is 0 Å².